The molecule has 0 saturated carbocycles. The van der Waals surface area contributed by atoms with E-state index >= 15 is 0 Å². The molecule has 1 N–H and O–H groups in total. The highest BCUT2D eigenvalue weighted by Gasteiger charge is 2.23. The first-order chi connectivity index (χ1) is 10.8. The molecule has 1 aromatic carbocycles. The molecule has 5 heteroatoms. The minimum atomic E-state index is -0.0400. The van der Waals surface area contributed by atoms with Crippen molar-refractivity contribution in [3.63, 3.8) is 0 Å². The second kappa shape index (κ2) is 7.13. The molecule has 0 saturated heterocycles. The Labute approximate surface area is 138 Å². The van der Waals surface area contributed by atoms with E-state index in [1.54, 1.807) is 4.90 Å². The fourth-order valence-corrected chi connectivity index (χ4v) is 2.82. The van der Waals surface area contributed by atoms with Crippen LogP contribution in [0, 0.1) is 5.41 Å². The van der Waals surface area contributed by atoms with Crippen molar-refractivity contribution in [2.45, 2.75) is 40.0 Å². The second-order valence-corrected chi connectivity index (χ2v) is 7.21. The van der Waals surface area contributed by atoms with Crippen LogP contribution in [-0.2, 0) is 20.7 Å². The summed E-state index contributed by atoms with van der Waals surface area (Å²) in [5.74, 6) is -0.0152. The first kappa shape index (κ1) is 17.5. The van der Waals surface area contributed by atoms with Crippen molar-refractivity contribution < 1.29 is 14.3 Å². The number of hydrogen-bond acceptors (Lipinski definition) is 3. The normalized spacial score (nSPS) is 14.3. The molecule has 0 bridgehead atoms. The predicted octanol–water partition coefficient (Wildman–Crippen LogP) is 2.99. The van der Waals surface area contributed by atoms with Gasteiger partial charge in [-0.15, -0.1) is 0 Å². The number of amides is 2. The van der Waals surface area contributed by atoms with Crippen molar-refractivity contribution in [2.75, 3.05) is 30.5 Å². The largest absolute Gasteiger partial charge is 0.375 e. The van der Waals surface area contributed by atoms with E-state index in [9.17, 15) is 9.59 Å². The molecule has 0 aliphatic carbocycles. The van der Waals surface area contributed by atoms with Gasteiger partial charge < -0.3 is 15.0 Å². The van der Waals surface area contributed by atoms with Gasteiger partial charge in [0, 0.05) is 31.5 Å². The van der Waals surface area contributed by atoms with E-state index in [0.717, 1.165) is 29.8 Å². The van der Waals surface area contributed by atoms with E-state index in [2.05, 4.69) is 5.32 Å². The maximum absolute atomic E-state index is 12.1. The molecule has 1 aromatic rings. The Bertz CT molecular complexity index is 590. The van der Waals surface area contributed by atoms with Crippen LogP contribution in [0.15, 0.2) is 18.2 Å². The Morgan fingerprint density at radius 1 is 1.30 bits per heavy atom. The van der Waals surface area contributed by atoms with Gasteiger partial charge in [-0.1, -0.05) is 20.8 Å². The van der Waals surface area contributed by atoms with Gasteiger partial charge in [-0.2, -0.15) is 0 Å². The Kier molecular flexibility index (Phi) is 5.42. The number of hydrogen-bond donors (Lipinski definition) is 1. The molecule has 23 heavy (non-hydrogen) atoms. The summed E-state index contributed by atoms with van der Waals surface area (Å²) in [6.45, 7) is 6.92. The van der Waals surface area contributed by atoms with Crippen LogP contribution in [0.5, 0.6) is 0 Å². The van der Waals surface area contributed by atoms with Crippen LogP contribution in [-0.4, -0.2) is 32.1 Å². The van der Waals surface area contributed by atoms with Crippen LogP contribution in [0.3, 0.4) is 0 Å². The zero-order valence-electron chi connectivity index (χ0n) is 14.4. The molecule has 0 fully saturated rings. The topological polar surface area (TPSA) is 58.6 Å². The van der Waals surface area contributed by atoms with Gasteiger partial charge in [0.2, 0.25) is 5.91 Å². The molecule has 2 rings (SSSR count). The number of methoxy groups -OCH3 is 1. The highest BCUT2D eigenvalue weighted by atomic mass is 16.5. The summed E-state index contributed by atoms with van der Waals surface area (Å²) in [5, 5.41) is 2.95. The van der Waals surface area contributed by atoms with Gasteiger partial charge in [0.05, 0.1) is 0 Å². The van der Waals surface area contributed by atoms with E-state index < -0.39 is 0 Å². The van der Waals surface area contributed by atoms with Gasteiger partial charge in [-0.05, 0) is 42.0 Å². The van der Waals surface area contributed by atoms with Crippen LogP contribution in [0.1, 0.15) is 39.2 Å². The predicted molar refractivity (Wildman–Crippen MR) is 91.7 cm³/mol. The summed E-state index contributed by atoms with van der Waals surface area (Å²) in [5.41, 5.74) is 2.77. The number of carbonyl (C=O) groups excluding carboxylic acids is 2. The van der Waals surface area contributed by atoms with Gasteiger partial charge >= 0.3 is 0 Å². The molecular formula is C18H26N2O3. The summed E-state index contributed by atoms with van der Waals surface area (Å²) in [6.07, 6.45) is 2.31. The SMILES string of the molecule is COCC(=O)N1CCCc2cc(NC(=O)CC(C)(C)C)ccc21. The van der Waals surface area contributed by atoms with Crippen molar-refractivity contribution in [3.05, 3.63) is 23.8 Å². The lowest BCUT2D eigenvalue weighted by Gasteiger charge is -2.29. The zero-order valence-corrected chi connectivity index (χ0v) is 14.4. The molecule has 126 valence electrons. The number of anilines is 2. The summed E-state index contributed by atoms with van der Waals surface area (Å²) >= 11 is 0. The molecule has 0 aromatic heterocycles. The van der Waals surface area contributed by atoms with Crippen molar-refractivity contribution in [2.24, 2.45) is 5.41 Å². The summed E-state index contributed by atoms with van der Waals surface area (Å²) in [7, 11) is 1.52. The van der Waals surface area contributed by atoms with Crippen molar-refractivity contribution >= 4 is 23.2 Å². The van der Waals surface area contributed by atoms with Crippen molar-refractivity contribution in [1.82, 2.24) is 0 Å². The quantitative estimate of drug-likeness (QED) is 0.928. The minimum Gasteiger partial charge on any atom is -0.375 e. The van der Waals surface area contributed by atoms with Gasteiger partial charge in [0.1, 0.15) is 6.61 Å². The number of nitrogens with zero attached hydrogens (tertiary/aromatic N) is 1. The maximum Gasteiger partial charge on any atom is 0.252 e. The molecule has 0 spiro atoms. The van der Waals surface area contributed by atoms with Crippen LogP contribution >= 0.6 is 0 Å². The molecule has 1 aliphatic rings. The third kappa shape index (κ3) is 4.79. The van der Waals surface area contributed by atoms with E-state index in [-0.39, 0.29) is 23.8 Å². The van der Waals surface area contributed by atoms with E-state index in [1.165, 1.54) is 7.11 Å². The van der Waals surface area contributed by atoms with Crippen LogP contribution in [0.4, 0.5) is 11.4 Å². The number of ether oxygens (including phenoxy) is 1. The van der Waals surface area contributed by atoms with Crippen LogP contribution in [0.2, 0.25) is 0 Å². The lowest BCUT2D eigenvalue weighted by molar-refractivity contribution is -0.122. The van der Waals surface area contributed by atoms with Gasteiger partial charge in [0.15, 0.2) is 0 Å². The van der Waals surface area contributed by atoms with Gasteiger partial charge in [-0.3, -0.25) is 9.59 Å². The molecule has 0 unspecified atom stereocenters. The smallest absolute Gasteiger partial charge is 0.252 e. The maximum atomic E-state index is 12.1. The van der Waals surface area contributed by atoms with Gasteiger partial charge in [0.25, 0.3) is 5.91 Å². The number of carbonyl (C=O) groups is 2. The fourth-order valence-electron chi connectivity index (χ4n) is 2.82. The standard InChI is InChI=1S/C18H26N2O3/c1-18(2,3)11-16(21)19-14-7-8-15-13(10-14)6-5-9-20(15)17(22)12-23-4/h7-8,10H,5-6,9,11-12H2,1-4H3,(H,19,21). The number of rotatable bonds is 4. The summed E-state index contributed by atoms with van der Waals surface area (Å²) < 4.78 is 4.95. The number of nitrogens with one attached hydrogen (secondary N) is 1. The molecule has 1 heterocycles. The second-order valence-electron chi connectivity index (χ2n) is 7.21. The Balaban J connectivity index is 2.13. The molecule has 1 aliphatic heterocycles. The van der Waals surface area contributed by atoms with Crippen LogP contribution in [0.25, 0.3) is 0 Å². The Morgan fingerprint density at radius 2 is 2.04 bits per heavy atom. The van der Waals surface area contributed by atoms with E-state index in [1.807, 2.05) is 39.0 Å². The molecule has 2 amide bonds. The van der Waals surface area contributed by atoms with Crippen molar-refractivity contribution in [1.29, 1.82) is 0 Å². The van der Waals surface area contributed by atoms with Gasteiger partial charge in [-0.25, -0.2) is 0 Å². The number of benzene rings is 1. The minimum absolute atomic E-state index is 0.0144. The average Bonchev–Trinajstić information content (AvgIpc) is 2.44. The highest BCUT2D eigenvalue weighted by Crippen LogP contribution is 2.30. The Morgan fingerprint density at radius 3 is 2.70 bits per heavy atom. The first-order valence-corrected chi connectivity index (χ1v) is 8.02. The molecule has 0 radical (unpaired) electrons. The summed E-state index contributed by atoms with van der Waals surface area (Å²) in [4.78, 5) is 25.9. The summed E-state index contributed by atoms with van der Waals surface area (Å²) in [6, 6.07) is 5.74. The average molecular weight is 318 g/mol. The fraction of sp³-hybridized carbons (Fsp3) is 0.556. The lowest BCUT2D eigenvalue weighted by Crippen LogP contribution is -2.37. The molecular weight excluding hydrogens is 292 g/mol. The molecule has 5 nitrogen and oxygen atoms in total. The zero-order chi connectivity index (χ0) is 17.0. The van der Waals surface area contributed by atoms with Crippen molar-refractivity contribution in [3.8, 4) is 0 Å². The third-order valence-electron chi connectivity index (χ3n) is 3.74. The number of fused-ring (bicyclic) bond motifs is 1. The lowest BCUT2D eigenvalue weighted by atomic mass is 9.92. The van der Waals surface area contributed by atoms with E-state index in [4.69, 9.17) is 4.74 Å². The monoisotopic (exact) mass is 318 g/mol. The highest BCUT2D eigenvalue weighted by molar-refractivity contribution is 5.96. The first-order valence-electron chi connectivity index (χ1n) is 8.02. The number of aryl methyl sites for hydroxylation is 1. The van der Waals surface area contributed by atoms with E-state index in [0.29, 0.717) is 13.0 Å². The third-order valence-corrected chi connectivity index (χ3v) is 3.74. The van der Waals surface area contributed by atoms with Crippen LogP contribution < -0.4 is 10.2 Å². The molecule has 0 atom stereocenters. The Hall–Kier alpha value is -1.88.